The number of rotatable bonds is 10. The summed E-state index contributed by atoms with van der Waals surface area (Å²) in [7, 11) is 0. The van der Waals surface area contributed by atoms with Crippen LogP contribution in [0.4, 0.5) is 13.2 Å². The largest absolute Gasteiger partial charge is 0.573 e. The lowest BCUT2D eigenvalue weighted by atomic mass is 10.2. The standard InChI is InChI=1S/C21H23ClF3N5O4/c22-14-7-5-13(6-8-14)12-30-17(19(32)29-26)18(27-9-2-10-31)28-20(30)33-15-3-1-4-16(11-15)34-21(23,24)25/h1,3-8,11,20,27-28,31H,2,9-10,12,26H2,(H,29,32). The van der Waals surface area contributed by atoms with Crippen LogP contribution >= 0.6 is 11.6 Å². The second-order valence-corrected chi connectivity index (χ2v) is 7.53. The third-order valence-electron chi connectivity index (χ3n) is 4.61. The average molecular weight is 502 g/mol. The molecule has 184 valence electrons. The van der Waals surface area contributed by atoms with Crippen molar-refractivity contribution < 1.29 is 32.5 Å². The SMILES string of the molecule is NNC(=O)C1=C(NCCCO)NC(Oc2cccc(OC(F)(F)F)c2)N1Cc1ccc(Cl)cc1. The maximum absolute atomic E-state index is 12.6. The molecule has 6 N–H and O–H groups in total. The van der Waals surface area contributed by atoms with Gasteiger partial charge in [0.15, 0.2) is 0 Å². The van der Waals surface area contributed by atoms with Crippen LogP contribution in [-0.2, 0) is 11.3 Å². The first-order valence-electron chi connectivity index (χ1n) is 10.1. The van der Waals surface area contributed by atoms with Crippen molar-refractivity contribution in [3.63, 3.8) is 0 Å². The van der Waals surface area contributed by atoms with Crippen LogP contribution < -0.4 is 31.4 Å². The minimum Gasteiger partial charge on any atom is -0.452 e. The number of nitrogens with two attached hydrogens (primary N) is 1. The van der Waals surface area contributed by atoms with E-state index in [9.17, 15) is 18.0 Å². The van der Waals surface area contributed by atoms with E-state index < -0.39 is 24.4 Å². The lowest BCUT2D eigenvalue weighted by molar-refractivity contribution is -0.274. The van der Waals surface area contributed by atoms with Crippen LogP contribution in [0.25, 0.3) is 0 Å². The zero-order valence-corrected chi connectivity index (χ0v) is 18.5. The van der Waals surface area contributed by atoms with Gasteiger partial charge in [-0.15, -0.1) is 13.2 Å². The molecule has 1 heterocycles. The molecule has 1 amide bonds. The summed E-state index contributed by atoms with van der Waals surface area (Å²) in [4.78, 5) is 14.2. The molecule has 2 aromatic rings. The van der Waals surface area contributed by atoms with E-state index in [0.717, 1.165) is 17.7 Å². The number of hydrogen-bond donors (Lipinski definition) is 5. The van der Waals surface area contributed by atoms with Crippen molar-refractivity contribution in [2.45, 2.75) is 25.7 Å². The number of aliphatic hydroxyl groups excluding tert-OH is 1. The van der Waals surface area contributed by atoms with Crippen LogP contribution in [0.1, 0.15) is 12.0 Å². The van der Waals surface area contributed by atoms with Gasteiger partial charge in [-0.2, -0.15) is 0 Å². The summed E-state index contributed by atoms with van der Waals surface area (Å²) in [6.45, 7) is 0.428. The van der Waals surface area contributed by atoms with Gasteiger partial charge in [-0.05, 0) is 36.2 Å². The number of nitrogens with one attached hydrogen (secondary N) is 3. The first-order chi connectivity index (χ1) is 16.2. The van der Waals surface area contributed by atoms with Crippen LogP contribution in [0.3, 0.4) is 0 Å². The highest BCUT2D eigenvalue weighted by atomic mass is 35.5. The topological polar surface area (TPSA) is 121 Å². The van der Waals surface area contributed by atoms with Crippen molar-refractivity contribution in [1.29, 1.82) is 0 Å². The Kier molecular flexibility index (Phi) is 8.31. The highest BCUT2D eigenvalue weighted by molar-refractivity contribution is 6.30. The number of hydrogen-bond acceptors (Lipinski definition) is 8. The molecule has 0 saturated heterocycles. The fraction of sp³-hybridized carbons (Fsp3) is 0.286. The second kappa shape index (κ2) is 11.2. The molecule has 0 aliphatic carbocycles. The van der Waals surface area contributed by atoms with E-state index in [2.05, 4.69) is 20.8 Å². The third-order valence-corrected chi connectivity index (χ3v) is 4.86. The molecule has 0 aromatic heterocycles. The van der Waals surface area contributed by atoms with Crippen molar-refractivity contribution in [3.8, 4) is 11.5 Å². The molecule has 1 aliphatic heterocycles. The van der Waals surface area contributed by atoms with Gasteiger partial charge < -0.3 is 30.1 Å². The summed E-state index contributed by atoms with van der Waals surface area (Å²) >= 11 is 5.96. The molecule has 13 heteroatoms. The molecular weight excluding hydrogens is 479 g/mol. The van der Waals surface area contributed by atoms with Gasteiger partial charge in [0.05, 0.1) is 0 Å². The summed E-state index contributed by atoms with van der Waals surface area (Å²) in [6.07, 6.45) is -5.45. The Morgan fingerprint density at radius 2 is 1.91 bits per heavy atom. The number of carbonyl (C=O) groups excluding carboxylic acids is 1. The quantitative estimate of drug-likeness (QED) is 0.145. The first-order valence-corrected chi connectivity index (χ1v) is 10.5. The van der Waals surface area contributed by atoms with Gasteiger partial charge in [-0.3, -0.25) is 10.2 Å². The van der Waals surface area contributed by atoms with Crippen molar-refractivity contribution >= 4 is 17.5 Å². The fourth-order valence-corrected chi connectivity index (χ4v) is 3.31. The average Bonchev–Trinajstić information content (AvgIpc) is 3.10. The number of alkyl halides is 3. The normalized spacial score (nSPS) is 15.7. The molecule has 34 heavy (non-hydrogen) atoms. The highest BCUT2D eigenvalue weighted by Crippen LogP contribution is 2.29. The molecule has 0 bridgehead atoms. The summed E-state index contributed by atoms with van der Waals surface area (Å²) in [5.41, 5.74) is 2.97. The van der Waals surface area contributed by atoms with Gasteiger partial charge in [-0.1, -0.05) is 29.8 Å². The van der Waals surface area contributed by atoms with Gasteiger partial charge >= 0.3 is 6.36 Å². The molecule has 1 aliphatic rings. The smallest absolute Gasteiger partial charge is 0.452 e. The molecule has 3 rings (SSSR count). The number of halogens is 4. The molecule has 0 radical (unpaired) electrons. The number of aliphatic hydroxyl groups is 1. The maximum Gasteiger partial charge on any atom is 0.573 e. The Morgan fingerprint density at radius 1 is 1.21 bits per heavy atom. The minimum absolute atomic E-state index is 0.0597. The molecule has 1 unspecified atom stereocenters. The van der Waals surface area contributed by atoms with Gasteiger partial charge in [0, 0.05) is 30.8 Å². The van der Waals surface area contributed by atoms with E-state index >= 15 is 0 Å². The van der Waals surface area contributed by atoms with E-state index in [1.807, 2.05) is 0 Å². The number of nitrogens with zero attached hydrogens (tertiary/aromatic N) is 1. The fourth-order valence-electron chi connectivity index (χ4n) is 3.19. The third kappa shape index (κ3) is 6.83. The Hall–Kier alpha value is -3.35. The zero-order chi connectivity index (χ0) is 24.7. The summed E-state index contributed by atoms with van der Waals surface area (Å²) < 4.78 is 47.7. The molecule has 0 spiro atoms. The molecule has 9 nitrogen and oxygen atoms in total. The number of amides is 1. The number of ether oxygens (including phenoxy) is 2. The molecule has 1 atom stereocenters. The molecule has 0 saturated carbocycles. The van der Waals surface area contributed by atoms with Gasteiger partial charge in [0.1, 0.15) is 23.0 Å². The monoisotopic (exact) mass is 501 g/mol. The number of hydrazine groups is 1. The Bertz CT molecular complexity index is 1020. The summed E-state index contributed by atoms with van der Waals surface area (Å²) in [6, 6.07) is 11.9. The van der Waals surface area contributed by atoms with Crippen molar-refractivity contribution in [1.82, 2.24) is 21.0 Å². The lowest BCUT2D eigenvalue weighted by Gasteiger charge is -2.28. The van der Waals surface area contributed by atoms with Gasteiger partial charge in [-0.25, -0.2) is 5.84 Å². The van der Waals surface area contributed by atoms with Crippen LogP contribution in [-0.4, -0.2) is 41.8 Å². The van der Waals surface area contributed by atoms with Crippen molar-refractivity contribution in [3.05, 3.63) is 70.6 Å². The number of carbonyl (C=O) groups is 1. The molecular formula is C21H23ClF3N5O4. The second-order valence-electron chi connectivity index (χ2n) is 7.09. The van der Waals surface area contributed by atoms with E-state index in [1.165, 1.54) is 12.1 Å². The van der Waals surface area contributed by atoms with E-state index in [1.54, 1.807) is 29.2 Å². The molecule has 2 aromatic carbocycles. The van der Waals surface area contributed by atoms with Crippen LogP contribution in [0.2, 0.25) is 5.02 Å². The Labute approximate surface area is 198 Å². The van der Waals surface area contributed by atoms with E-state index in [-0.39, 0.29) is 30.4 Å². The van der Waals surface area contributed by atoms with E-state index in [4.69, 9.17) is 27.3 Å². The molecule has 0 fully saturated rings. The van der Waals surface area contributed by atoms with Crippen molar-refractivity contribution in [2.75, 3.05) is 13.2 Å². The summed E-state index contributed by atoms with van der Waals surface area (Å²) in [5, 5.41) is 15.6. The van der Waals surface area contributed by atoms with Crippen molar-refractivity contribution in [2.24, 2.45) is 5.84 Å². The Balaban J connectivity index is 1.90. The predicted molar refractivity (Wildman–Crippen MR) is 117 cm³/mol. The Morgan fingerprint density at radius 3 is 2.56 bits per heavy atom. The van der Waals surface area contributed by atoms with Gasteiger partial charge in [0.2, 0.25) is 0 Å². The number of benzene rings is 2. The minimum atomic E-state index is -4.86. The van der Waals surface area contributed by atoms with Crippen LogP contribution in [0, 0.1) is 0 Å². The van der Waals surface area contributed by atoms with Crippen LogP contribution in [0.5, 0.6) is 11.5 Å². The summed E-state index contributed by atoms with van der Waals surface area (Å²) in [5.74, 6) is 4.63. The van der Waals surface area contributed by atoms with Gasteiger partial charge in [0.25, 0.3) is 12.3 Å². The lowest BCUT2D eigenvalue weighted by Crippen LogP contribution is -2.45. The maximum atomic E-state index is 12.6. The van der Waals surface area contributed by atoms with E-state index in [0.29, 0.717) is 18.0 Å². The zero-order valence-electron chi connectivity index (χ0n) is 17.7. The predicted octanol–water partition coefficient (Wildman–Crippen LogP) is 2.14. The highest BCUT2D eigenvalue weighted by Gasteiger charge is 2.37. The first kappa shape index (κ1) is 25.3. The van der Waals surface area contributed by atoms with Crippen LogP contribution in [0.15, 0.2) is 60.0 Å².